The van der Waals surface area contributed by atoms with Gasteiger partial charge >= 0.3 is 0 Å². The fraction of sp³-hybridized carbons (Fsp3) is 0.571. The van der Waals surface area contributed by atoms with Crippen molar-refractivity contribution in [2.24, 2.45) is 5.73 Å². The van der Waals surface area contributed by atoms with Gasteiger partial charge in [0.25, 0.3) is 0 Å². The molecule has 0 aliphatic carbocycles. The molecule has 0 saturated carbocycles. The Kier molecular flexibility index (Phi) is 4.92. The molecule has 0 bridgehead atoms. The number of hydrogen-bond donors (Lipinski definition) is 1. The minimum atomic E-state index is -0.850. The van der Waals surface area contributed by atoms with Crippen LogP contribution in [0.15, 0.2) is 24.3 Å². The molecular weight excluding hydrogens is 246 g/mol. The molecule has 1 aliphatic rings. The molecule has 18 heavy (non-hydrogen) atoms. The van der Waals surface area contributed by atoms with Gasteiger partial charge in [-0.15, -0.1) is 0 Å². The Bertz CT molecular complexity index is 420. The fourth-order valence-electron chi connectivity index (χ4n) is 2.18. The lowest BCUT2D eigenvalue weighted by atomic mass is 9.99. The minimum Gasteiger partial charge on any atom is -0.372 e. The highest BCUT2D eigenvalue weighted by Gasteiger charge is 2.22. The van der Waals surface area contributed by atoms with E-state index in [2.05, 4.69) is 12.1 Å². The first-order valence-corrected chi connectivity index (χ1v) is 7.95. The maximum Gasteiger partial charge on any atom is 0.0942 e. The Morgan fingerprint density at radius 3 is 3.06 bits per heavy atom. The first-order chi connectivity index (χ1) is 8.66. The number of hydrogen-bond acceptors (Lipinski definition) is 3. The zero-order valence-electron chi connectivity index (χ0n) is 10.8. The largest absolute Gasteiger partial charge is 0.372 e. The Labute approximate surface area is 111 Å². The summed E-state index contributed by atoms with van der Waals surface area (Å²) in [5.74, 6) is 1.25. The van der Waals surface area contributed by atoms with Gasteiger partial charge in [-0.25, -0.2) is 0 Å². The van der Waals surface area contributed by atoms with Gasteiger partial charge in [0.2, 0.25) is 0 Å². The molecule has 0 aromatic heterocycles. The monoisotopic (exact) mass is 267 g/mol. The van der Waals surface area contributed by atoms with Crippen molar-refractivity contribution in [3.8, 4) is 0 Å². The first-order valence-electron chi connectivity index (χ1n) is 6.47. The van der Waals surface area contributed by atoms with Gasteiger partial charge in [-0.05, 0) is 30.9 Å². The lowest BCUT2D eigenvalue weighted by Gasteiger charge is -2.25. The second-order valence-corrected chi connectivity index (χ2v) is 6.51. The van der Waals surface area contributed by atoms with E-state index in [1.54, 1.807) is 0 Å². The SMILES string of the molecule is CC(N)CCS(=O)CC1OCCc2ccccc21. The van der Waals surface area contributed by atoms with Crippen LogP contribution in [0, 0.1) is 0 Å². The summed E-state index contributed by atoms with van der Waals surface area (Å²) in [5, 5.41) is 0. The van der Waals surface area contributed by atoms with Crippen molar-refractivity contribution >= 4 is 10.8 Å². The molecule has 1 aliphatic heterocycles. The van der Waals surface area contributed by atoms with Gasteiger partial charge < -0.3 is 10.5 Å². The molecular formula is C14H21NO2S. The number of nitrogens with two attached hydrogens (primary N) is 1. The second-order valence-electron chi connectivity index (χ2n) is 4.88. The molecule has 0 spiro atoms. The van der Waals surface area contributed by atoms with Crippen LogP contribution in [0.5, 0.6) is 0 Å². The highest BCUT2D eigenvalue weighted by Crippen LogP contribution is 2.27. The van der Waals surface area contributed by atoms with Gasteiger partial charge in [-0.3, -0.25) is 4.21 Å². The van der Waals surface area contributed by atoms with Crippen LogP contribution < -0.4 is 5.73 Å². The van der Waals surface area contributed by atoms with Crippen LogP contribution in [0.2, 0.25) is 0 Å². The molecule has 1 heterocycles. The van der Waals surface area contributed by atoms with Crippen LogP contribution in [0.4, 0.5) is 0 Å². The average molecular weight is 267 g/mol. The van der Waals surface area contributed by atoms with Crippen molar-refractivity contribution in [2.75, 3.05) is 18.1 Å². The topological polar surface area (TPSA) is 52.3 Å². The lowest BCUT2D eigenvalue weighted by Crippen LogP contribution is -2.24. The van der Waals surface area contributed by atoms with E-state index < -0.39 is 10.8 Å². The second kappa shape index (κ2) is 6.45. The number of benzene rings is 1. The normalized spacial score (nSPS) is 22.2. The minimum absolute atomic E-state index is 0.0103. The highest BCUT2D eigenvalue weighted by molar-refractivity contribution is 7.85. The number of rotatable bonds is 5. The molecule has 0 fully saturated rings. The number of fused-ring (bicyclic) bond motifs is 1. The van der Waals surface area contributed by atoms with Gasteiger partial charge in [-0.1, -0.05) is 24.3 Å². The average Bonchev–Trinajstić information content (AvgIpc) is 2.37. The van der Waals surface area contributed by atoms with E-state index in [0.717, 1.165) is 19.4 Å². The summed E-state index contributed by atoms with van der Waals surface area (Å²) in [6.45, 7) is 2.68. The molecule has 2 rings (SSSR count). The summed E-state index contributed by atoms with van der Waals surface area (Å²) >= 11 is 0. The third kappa shape index (κ3) is 3.64. The third-order valence-corrected chi connectivity index (χ3v) is 4.60. The molecule has 1 aromatic rings. The van der Waals surface area contributed by atoms with Crippen LogP contribution in [0.25, 0.3) is 0 Å². The summed E-state index contributed by atoms with van der Waals surface area (Å²) < 4.78 is 17.8. The molecule has 4 heteroatoms. The Balaban J connectivity index is 1.96. The van der Waals surface area contributed by atoms with Crippen molar-refractivity contribution in [1.29, 1.82) is 0 Å². The fourth-order valence-corrected chi connectivity index (χ4v) is 3.60. The maximum absolute atomic E-state index is 12.0. The summed E-state index contributed by atoms with van der Waals surface area (Å²) in [6, 6.07) is 8.41. The smallest absolute Gasteiger partial charge is 0.0942 e. The van der Waals surface area contributed by atoms with Crippen LogP contribution in [0.3, 0.4) is 0 Å². The van der Waals surface area contributed by atoms with E-state index in [-0.39, 0.29) is 12.1 Å². The summed E-state index contributed by atoms with van der Waals surface area (Å²) in [4.78, 5) is 0. The van der Waals surface area contributed by atoms with Gasteiger partial charge in [0.1, 0.15) is 0 Å². The van der Waals surface area contributed by atoms with E-state index in [9.17, 15) is 4.21 Å². The van der Waals surface area contributed by atoms with Crippen molar-refractivity contribution in [1.82, 2.24) is 0 Å². The van der Waals surface area contributed by atoms with Crippen LogP contribution in [0.1, 0.15) is 30.6 Å². The number of ether oxygens (including phenoxy) is 1. The van der Waals surface area contributed by atoms with Crippen molar-refractivity contribution < 1.29 is 8.95 Å². The first kappa shape index (κ1) is 13.7. The Morgan fingerprint density at radius 1 is 1.50 bits per heavy atom. The zero-order chi connectivity index (χ0) is 13.0. The summed E-state index contributed by atoms with van der Waals surface area (Å²) in [6.07, 6.45) is 1.75. The van der Waals surface area contributed by atoms with E-state index in [0.29, 0.717) is 11.5 Å². The third-order valence-electron chi connectivity index (χ3n) is 3.23. The molecule has 1 aromatic carbocycles. The molecule has 100 valence electrons. The predicted octanol–water partition coefficient (Wildman–Crippen LogP) is 1.79. The van der Waals surface area contributed by atoms with Gasteiger partial charge in [0.05, 0.1) is 18.5 Å². The van der Waals surface area contributed by atoms with Crippen LogP contribution in [-0.4, -0.2) is 28.4 Å². The molecule has 0 radical (unpaired) electrons. The molecule has 3 nitrogen and oxygen atoms in total. The lowest BCUT2D eigenvalue weighted by molar-refractivity contribution is 0.0582. The molecule has 3 atom stereocenters. The quantitative estimate of drug-likeness (QED) is 0.885. The van der Waals surface area contributed by atoms with Crippen molar-refractivity contribution in [2.45, 2.75) is 31.9 Å². The van der Waals surface area contributed by atoms with E-state index >= 15 is 0 Å². The molecule has 3 unspecified atom stereocenters. The molecule has 0 amide bonds. The van der Waals surface area contributed by atoms with Crippen LogP contribution >= 0.6 is 0 Å². The summed E-state index contributed by atoms with van der Waals surface area (Å²) in [7, 11) is -0.850. The van der Waals surface area contributed by atoms with E-state index in [4.69, 9.17) is 10.5 Å². The Hall–Kier alpha value is -0.710. The van der Waals surface area contributed by atoms with E-state index in [1.807, 2.05) is 19.1 Å². The standard InChI is InChI=1S/C14H21NO2S/c1-11(15)7-9-18(16)10-14-13-5-3-2-4-12(13)6-8-17-14/h2-5,11,14H,6-10,15H2,1H3. The van der Waals surface area contributed by atoms with E-state index in [1.165, 1.54) is 11.1 Å². The van der Waals surface area contributed by atoms with Gasteiger partial charge in [-0.2, -0.15) is 0 Å². The zero-order valence-corrected chi connectivity index (χ0v) is 11.6. The summed E-state index contributed by atoms with van der Waals surface area (Å²) in [5.41, 5.74) is 8.22. The molecule has 2 N–H and O–H groups in total. The van der Waals surface area contributed by atoms with Crippen molar-refractivity contribution in [3.63, 3.8) is 0 Å². The molecule has 0 saturated heterocycles. The van der Waals surface area contributed by atoms with Crippen LogP contribution in [-0.2, 0) is 22.0 Å². The van der Waals surface area contributed by atoms with Crippen molar-refractivity contribution in [3.05, 3.63) is 35.4 Å². The Morgan fingerprint density at radius 2 is 2.28 bits per heavy atom. The highest BCUT2D eigenvalue weighted by atomic mass is 32.2. The van der Waals surface area contributed by atoms with Gasteiger partial charge in [0.15, 0.2) is 0 Å². The van der Waals surface area contributed by atoms with Gasteiger partial charge in [0, 0.05) is 22.6 Å². The predicted molar refractivity (Wildman–Crippen MR) is 75.0 cm³/mol. The maximum atomic E-state index is 12.0.